The van der Waals surface area contributed by atoms with Crippen molar-refractivity contribution in [1.82, 2.24) is 5.32 Å². The van der Waals surface area contributed by atoms with Crippen LogP contribution in [0.5, 0.6) is 11.5 Å². The number of ether oxygens (including phenoxy) is 2. The third-order valence-corrected chi connectivity index (χ3v) is 5.41. The van der Waals surface area contributed by atoms with E-state index < -0.39 is 16.4 Å². The summed E-state index contributed by atoms with van der Waals surface area (Å²) in [5, 5.41) is 2.66. The monoisotopic (exact) mass is 491 g/mol. The zero-order chi connectivity index (χ0) is 21.4. The molecular weight excluding hydrogens is 472 g/mol. The third kappa shape index (κ3) is 7.98. The Bertz CT molecular complexity index is 936. The highest BCUT2D eigenvalue weighted by Crippen LogP contribution is 2.24. The topological polar surface area (TPSA) is 81.7 Å². The highest BCUT2D eigenvalue weighted by molar-refractivity contribution is 9.10. The SMILES string of the molecule is CS(=O)(=O)c1ccc(OCCCC(=O)NCc2cc(Br)ccc2OC(F)F)cc1. The molecule has 0 aliphatic carbocycles. The molecule has 2 aromatic rings. The van der Waals surface area contributed by atoms with Gasteiger partial charge in [-0.15, -0.1) is 0 Å². The van der Waals surface area contributed by atoms with Crippen LogP contribution in [0.25, 0.3) is 0 Å². The van der Waals surface area contributed by atoms with Crippen LogP contribution in [-0.2, 0) is 21.2 Å². The fourth-order valence-electron chi connectivity index (χ4n) is 2.39. The van der Waals surface area contributed by atoms with E-state index in [2.05, 4.69) is 26.0 Å². The summed E-state index contributed by atoms with van der Waals surface area (Å²) in [6, 6.07) is 10.6. The Labute approximate surface area is 176 Å². The molecule has 0 radical (unpaired) electrons. The number of rotatable bonds is 10. The third-order valence-electron chi connectivity index (χ3n) is 3.78. The van der Waals surface area contributed by atoms with Crippen LogP contribution in [0.15, 0.2) is 51.8 Å². The van der Waals surface area contributed by atoms with Crippen LogP contribution in [0, 0.1) is 0 Å². The fourth-order valence-corrected chi connectivity index (χ4v) is 3.42. The molecule has 6 nitrogen and oxygen atoms in total. The Morgan fingerprint density at radius 2 is 1.86 bits per heavy atom. The van der Waals surface area contributed by atoms with Gasteiger partial charge in [-0.05, 0) is 48.9 Å². The molecule has 0 fully saturated rings. The molecule has 0 atom stereocenters. The first-order valence-electron chi connectivity index (χ1n) is 8.58. The van der Waals surface area contributed by atoms with Crippen LogP contribution in [0.4, 0.5) is 8.78 Å². The van der Waals surface area contributed by atoms with Crippen molar-refractivity contribution >= 4 is 31.7 Å². The Hall–Kier alpha value is -2.20. The average molecular weight is 492 g/mol. The molecule has 0 unspecified atom stereocenters. The lowest BCUT2D eigenvalue weighted by molar-refractivity contribution is -0.121. The van der Waals surface area contributed by atoms with Crippen molar-refractivity contribution in [2.75, 3.05) is 12.9 Å². The first-order chi connectivity index (χ1) is 13.6. The van der Waals surface area contributed by atoms with Gasteiger partial charge in [0.05, 0.1) is 11.5 Å². The van der Waals surface area contributed by atoms with Crippen molar-refractivity contribution in [3.8, 4) is 11.5 Å². The first-order valence-corrected chi connectivity index (χ1v) is 11.3. The van der Waals surface area contributed by atoms with Gasteiger partial charge >= 0.3 is 6.61 Å². The summed E-state index contributed by atoms with van der Waals surface area (Å²) in [5.41, 5.74) is 0.426. The first kappa shape index (κ1) is 23.1. The summed E-state index contributed by atoms with van der Waals surface area (Å²) in [6.07, 6.45) is 1.73. The van der Waals surface area contributed by atoms with Gasteiger partial charge in [0.1, 0.15) is 11.5 Å². The number of carbonyl (C=O) groups is 1. The molecular formula is C19H20BrF2NO5S. The van der Waals surface area contributed by atoms with E-state index in [0.29, 0.717) is 22.2 Å². The van der Waals surface area contributed by atoms with Gasteiger partial charge in [0.15, 0.2) is 9.84 Å². The Morgan fingerprint density at radius 1 is 1.17 bits per heavy atom. The van der Waals surface area contributed by atoms with Gasteiger partial charge in [0.2, 0.25) is 5.91 Å². The largest absolute Gasteiger partial charge is 0.494 e. The van der Waals surface area contributed by atoms with Crippen LogP contribution in [0.1, 0.15) is 18.4 Å². The summed E-state index contributed by atoms with van der Waals surface area (Å²) >= 11 is 3.25. The number of halogens is 3. The van der Waals surface area contributed by atoms with E-state index in [-0.39, 0.29) is 36.1 Å². The molecule has 0 aliphatic rings. The molecule has 2 rings (SSSR count). The molecule has 0 heterocycles. The number of amides is 1. The maximum atomic E-state index is 12.5. The van der Waals surface area contributed by atoms with Crippen molar-refractivity contribution in [3.05, 3.63) is 52.5 Å². The average Bonchev–Trinajstić information content (AvgIpc) is 2.64. The molecule has 0 saturated carbocycles. The fraction of sp³-hybridized carbons (Fsp3) is 0.316. The number of hydrogen-bond donors (Lipinski definition) is 1. The van der Waals surface area contributed by atoms with E-state index in [1.54, 1.807) is 24.3 Å². The van der Waals surface area contributed by atoms with Crippen LogP contribution < -0.4 is 14.8 Å². The minimum absolute atomic E-state index is 0.00405. The molecule has 0 saturated heterocycles. The van der Waals surface area contributed by atoms with E-state index in [9.17, 15) is 22.0 Å². The molecule has 0 aliphatic heterocycles. The Kier molecular flexibility index (Phi) is 8.39. The minimum atomic E-state index is -3.26. The van der Waals surface area contributed by atoms with Crippen molar-refractivity contribution in [3.63, 3.8) is 0 Å². The molecule has 29 heavy (non-hydrogen) atoms. The lowest BCUT2D eigenvalue weighted by Crippen LogP contribution is -2.23. The number of hydrogen-bond acceptors (Lipinski definition) is 5. The molecule has 2 aromatic carbocycles. The zero-order valence-corrected chi connectivity index (χ0v) is 17.9. The van der Waals surface area contributed by atoms with E-state index in [1.807, 2.05) is 0 Å². The number of alkyl halides is 2. The Balaban J connectivity index is 1.76. The van der Waals surface area contributed by atoms with Crippen molar-refractivity contribution in [2.24, 2.45) is 0 Å². The van der Waals surface area contributed by atoms with Crippen LogP contribution in [-0.4, -0.2) is 33.8 Å². The van der Waals surface area contributed by atoms with Crippen molar-refractivity contribution < 1.29 is 31.5 Å². The van der Waals surface area contributed by atoms with Gasteiger partial charge in [0, 0.05) is 29.3 Å². The lowest BCUT2D eigenvalue weighted by atomic mass is 10.2. The summed E-state index contributed by atoms with van der Waals surface area (Å²) < 4.78 is 58.3. The van der Waals surface area contributed by atoms with E-state index in [0.717, 1.165) is 6.26 Å². The second-order valence-electron chi connectivity index (χ2n) is 6.10. The molecule has 0 spiro atoms. The van der Waals surface area contributed by atoms with Gasteiger partial charge in [0.25, 0.3) is 0 Å². The quantitative estimate of drug-likeness (QED) is 0.509. The van der Waals surface area contributed by atoms with Gasteiger partial charge in [-0.3, -0.25) is 4.79 Å². The van der Waals surface area contributed by atoms with Crippen molar-refractivity contribution in [2.45, 2.75) is 30.9 Å². The number of nitrogens with one attached hydrogen (secondary N) is 1. The summed E-state index contributed by atoms with van der Waals surface area (Å²) in [5.74, 6) is 0.245. The highest BCUT2D eigenvalue weighted by Gasteiger charge is 2.11. The second kappa shape index (κ2) is 10.5. The number of carbonyl (C=O) groups excluding carboxylic acids is 1. The summed E-state index contributed by atoms with van der Waals surface area (Å²) in [7, 11) is -3.26. The predicted molar refractivity (Wildman–Crippen MR) is 107 cm³/mol. The van der Waals surface area contributed by atoms with Gasteiger partial charge in [-0.1, -0.05) is 15.9 Å². The molecule has 0 bridgehead atoms. The van der Waals surface area contributed by atoms with E-state index in [1.165, 1.54) is 18.2 Å². The Morgan fingerprint density at radius 3 is 2.48 bits per heavy atom. The molecule has 1 N–H and O–H groups in total. The number of benzene rings is 2. The van der Waals surface area contributed by atoms with Crippen LogP contribution >= 0.6 is 15.9 Å². The normalized spacial score (nSPS) is 11.3. The molecule has 10 heteroatoms. The second-order valence-corrected chi connectivity index (χ2v) is 9.03. The number of sulfone groups is 1. The van der Waals surface area contributed by atoms with Crippen LogP contribution in [0.3, 0.4) is 0 Å². The summed E-state index contributed by atoms with van der Waals surface area (Å²) in [4.78, 5) is 12.2. The molecule has 1 amide bonds. The standard InChI is InChI=1S/C19H20BrF2NO5S/c1-29(25,26)16-7-5-15(6-8-16)27-10-2-3-18(24)23-12-13-11-14(20)4-9-17(13)28-19(21)22/h4-9,11,19H,2-3,10,12H2,1H3,(H,23,24). The van der Waals surface area contributed by atoms with E-state index in [4.69, 9.17) is 4.74 Å². The molecule has 0 aromatic heterocycles. The maximum absolute atomic E-state index is 12.5. The zero-order valence-electron chi connectivity index (χ0n) is 15.5. The van der Waals surface area contributed by atoms with E-state index >= 15 is 0 Å². The lowest BCUT2D eigenvalue weighted by Gasteiger charge is -2.12. The van der Waals surface area contributed by atoms with Crippen molar-refractivity contribution in [1.29, 1.82) is 0 Å². The van der Waals surface area contributed by atoms with Gasteiger partial charge < -0.3 is 14.8 Å². The van der Waals surface area contributed by atoms with Gasteiger partial charge in [-0.25, -0.2) is 8.42 Å². The van der Waals surface area contributed by atoms with Gasteiger partial charge in [-0.2, -0.15) is 8.78 Å². The maximum Gasteiger partial charge on any atom is 0.387 e. The smallest absolute Gasteiger partial charge is 0.387 e. The predicted octanol–water partition coefficient (Wildman–Crippen LogP) is 3.93. The highest BCUT2D eigenvalue weighted by atomic mass is 79.9. The minimum Gasteiger partial charge on any atom is -0.494 e. The molecule has 158 valence electrons. The van der Waals surface area contributed by atoms with Crippen LogP contribution in [0.2, 0.25) is 0 Å². The summed E-state index contributed by atoms with van der Waals surface area (Å²) in [6.45, 7) is -2.63.